The van der Waals surface area contributed by atoms with E-state index in [2.05, 4.69) is 4.72 Å². The van der Waals surface area contributed by atoms with E-state index in [9.17, 15) is 12.8 Å². The van der Waals surface area contributed by atoms with Crippen LogP contribution in [0.3, 0.4) is 0 Å². The van der Waals surface area contributed by atoms with Gasteiger partial charge in [-0.2, -0.15) is 11.8 Å². The third kappa shape index (κ3) is 5.54. The van der Waals surface area contributed by atoms with Gasteiger partial charge in [-0.3, -0.25) is 0 Å². The topological polar surface area (TPSA) is 72.2 Å². The third-order valence-electron chi connectivity index (χ3n) is 2.83. The van der Waals surface area contributed by atoms with Gasteiger partial charge in [0.05, 0.1) is 10.5 Å². The van der Waals surface area contributed by atoms with Crippen molar-refractivity contribution in [2.24, 2.45) is 5.73 Å². The summed E-state index contributed by atoms with van der Waals surface area (Å²) >= 11 is 6.49. The van der Waals surface area contributed by atoms with Crippen LogP contribution in [0.15, 0.2) is 23.1 Å². The highest BCUT2D eigenvalue weighted by molar-refractivity contribution is 7.98. The number of unbranched alkanes of at least 4 members (excludes halogenated alkanes) is 2. The molecule has 1 aromatic rings. The fourth-order valence-electron chi connectivity index (χ4n) is 1.80. The Kier molecular flexibility index (Phi) is 7.58. The third-order valence-corrected chi connectivity index (χ3v) is 5.23. The van der Waals surface area contributed by atoms with Gasteiger partial charge in [0.1, 0.15) is 10.8 Å². The van der Waals surface area contributed by atoms with Gasteiger partial charge in [-0.25, -0.2) is 17.5 Å². The number of hydrogen-bond acceptors (Lipinski definition) is 4. The van der Waals surface area contributed by atoms with Crippen molar-refractivity contribution in [3.05, 3.63) is 29.6 Å². The Bertz CT molecular complexity index is 591. The van der Waals surface area contributed by atoms with Crippen LogP contribution in [0, 0.1) is 5.82 Å². The molecule has 0 unspecified atom stereocenters. The molecule has 0 heterocycles. The predicted octanol–water partition coefficient (Wildman–Crippen LogP) is 2.27. The Morgan fingerprint density at radius 1 is 1.38 bits per heavy atom. The van der Waals surface area contributed by atoms with Gasteiger partial charge >= 0.3 is 0 Å². The minimum atomic E-state index is -3.81. The lowest BCUT2D eigenvalue weighted by Crippen LogP contribution is -2.28. The first-order chi connectivity index (χ1) is 9.90. The molecule has 4 nitrogen and oxygen atoms in total. The van der Waals surface area contributed by atoms with Crippen LogP contribution in [0.2, 0.25) is 0 Å². The minimum absolute atomic E-state index is 0.209. The molecule has 21 heavy (non-hydrogen) atoms. The van der Waals surface area contributed by atoms with Crippen molar-refractivity contribution in [2.45, 2.75) is 24.2 Å². The van der Waals surface area contributed by atoms with Gasteiger partial charge < -0.3 is 5.73 Å². The monoisotopic (exact) mass is 350 g/mol. The summed E-state index contributed by atoms with van der Waals surface area (Å²) in [7, 11) is -3.81. The van der Waals surface area contributed by atoms with Gasteiger partial charge in [-0.05, 0) is 37.0 Å². The molecule has 0 atom stereocenters. The average Bonchev–Trinajstić information content (AvgIpc) is 2.42. The summed E-state index contributed by atoms with van der Waals surface area (Å²) in [6.45, 7) is 0.310. The number of halogens is 1. The number of benzene rings is 1. The molecule has 0 saturated carbocycles. The number of thioether (sulfide) groups is 1. The second-order valence-corrected chi connectivity index (χ2v) is 7.59. The van der Waals surface area contributed by atoms with Gasteiger partial charge in [-0.15, -0.1) is 0 Å². The van der Waals surface area contributed by atoms with Gasteiger partial charge in [0.25, 0.3) is 0 Å². The number of thiocarbonyl (C=S) groups is 1. The molecule has 0 amide bonds. The SMILES string of the molecule is CSCCCCCNS(=O)(=O)c1cccc(F)c1C(N)=S. The van der Waals surface area contributed by atoms with Crippen molar-refractivity contribution in [3.63, 3.8) is 0 Å². The fourth-order valence-corrected chi connectivity index (χ4v) is 3.87. The molecular formula is C13H19FN2O2S3. The highest BCUT2D eigenvalue weighted by Crippen LogP contribution is 2.18. The number of rotatable bonds is 9. The molecule has 0 radical (unpaired) electrons. The molecule has 0 fully saturated rings. The molecule has 0 saturated heterocycles. The molecule has 0 aliphatic rings. The van der Waals surface area contributed by atoms with Crippen molar-refractivity contribution in [3.8, 4) is 0 Å². The normalized spacial score (nSPS) is 11.5. The van der Waals surface area contributed by atoms with Gasteiger partial charge in [0.2, 0.25) is 10.0 Å². The Morgan fingerprint density at radius 2 is 2.10 bits per heavy atom. The molecule has 118 valence electrons. The number of nitrogens with one attached hydrogen (secondary N) is 1. The van der Waals surface area contributed by atoms with Crippen LogP contribution in [0.1, 0.15) is 24.8 Å². The van der Waals surface area contributed by atoms with Crippen LogP contribution in [-0.2, 0) is 10.0 Å². The number of hydrogen-bond donors (Lipinski definition) is 2. The fraction of sp³-hybridized carbons (Fsp3) is 0.462. The highest BCUT2D eigenvalue weighted by Gasteiger charge is 2.22. The van der Waals surface area contributed by atoms with Gasteiger partial charge in [-0.1, -0.05) is 24.7 Å². The molecule has 0 aliphatic carbocycles. The van der Waals surface area contributed by atoms with Crippen LogP contribution in [0.4, 0.5) is 4.39 Å². The second-order valence-electron chi connectivity index (χ2n) is 4.43. The standard InChI is InChI=1S/C13H19FN2O2S3/c1-20-9-4-2-3-8-16-21(17,18)11-7-5-6-10(14)12(11)13(15)19/h5-7,16H,2-4,8-9H2,1H3,(H2,15,19). The van der Waals surface area contributed by atoms with E-state index in [0.717, 1.165) is 31.1 Å². The van der Waals surface area contributed by atoms with E-state index in [1.807, 2.05) is 6.26 Å². The lowest BCUT2D eigenvalue weighted by Gasteiger charge is -2.11. The van der Waals surface area contributed by atoms with Crippen molar-refractivity contribution in [1.29, 1.82) is 0 Å². The molecule has 0 aromatic heterocycles. The maximum absolute atomic E-state index is 13.7. The number of sulfonamides is 1. The Morgan fingerprint density at radius 3 is 2.71 bits per heavy atom. The first-order valence-electron chi connectivity index (χ1n) is 6.47. The average molecular weight is 351 g/mol. The van der Waals surface area contributed by atoms with Crippen LogP contribution in [0.25, 0.3) is 0 Å². The quantitative estimate of drug-likeness (QED) is 0.528. The summed E-state index contributed by atoms with van der Waals surface area (Å²) in [5.41, 5.74) is 5.18. The van der Waals surface area contributed by atoms with Crippen molar-refractivity contribution in [2.75, 3.05) is 18.6 Å². The largest absolute Gasteiger partial charge is 0.389 e. The van der Waals surface area contributed by atoms with E-state index in [1.54, 1.807) is 11.8 Å². The van der Waals surface area contributed by atoms with Crippen molar-refractivity contribution < 1.29 is 12.8 Å². The molecule has 1 aromatic carbocycles. The molecule has 3 N–H and O–H groups in total. The zero-order valence-corrected chi connectivity index (χ0v) is 14.2. The summed E-state index contributed by atoms with van der Waals surface area (Å²) < 4.78 is 40.6. The lowest BCUT2D eigenvalue weighted by atomic mass is 10.2. The molecule has 8 heteroatoms. The summed E-state index contributed by atoms with van der Waals surface area (Å²) in [6.07, 6.45) is 4.75. The Balaban J connectivity index is 2.75. The summed E-state index contributed by atoms with van der Waals surface area (Å²) in [6, 6.07) is 3.76. The first-order valence-corrected chi connectivity index (χ1v) is 9.75. The van der Waals surface area contributed by atoms with Crippen LogP contribution < -0.4 is 10.5 Å². The Labute approximate surface area is 134 Å². The zero-order chi connectivity index (χ0) is 15.9. The van der Waals surface area contributed by atoms with E-state index in [4.69, 9.17) is 18.0 Å². The van der Waals surface area contributed by atoms with Crippen LogP contribution >= 0.6 is 24.0 Å². The molecule has 0 aliphatic heterocycles. The lowest BCUT2D eigenvalue weighted by molar-refractivity contribution is 0.572. The second kappa shape index (κ2) is 8.67. The summed E-state index contributed by atoms with van der Waals surface area (Å²) in [5.74, 6) is 0.327. The predicted molar refractivity (Wildman–Crippen MR) is 89.7 cm³/mol. The van der Waals surface area contributed by atoms with Gasteiger partial charge in [0, 0.05) is 6.54 Å². The minimum Gasteiger partial charge on any atom is -0.389 e. The van der Waals surface area contributed by atoms with Crippen LogP contribution in [-0.4, -0.2) is 32.0 Å². The van der Waals surface area contributed by atoms with E-state index in [0.29, 0.717) is 6.54 Å². The van der Waals surface area contributed by atoms with E-state index >= 15 is 0 Å². The maximum atomic E-state index is 13.7. The summed E-state index contributed by atoms with van der Waals surface area (Å²) in [4.78, 5) is -0.479. The maximum Gasteiger partial charge on any atom is 0.241 e. The molecular weight excluding hydrogens is 331 g/mol. The Hall–Kier alpha value is -0.700. The van der Waals surface area contributed by atoms with Crippen molar-refractivity contribution >= 4 is 39.0 Å². The van der Waals surface area contributed by atoms with Crippen LogP contribution in [0.5, 0.6) is 0 Å². The smallest absolute Gasteiger partial charge is 0.241 e. The highest BCUT2D eigenvalue weighted by atomic mass is 32.2. The van der Waals surface area contributed by atoms with Gasteiger partial charge in [0.15, 0.2) is 0 Å². The zero-order valence-electron chi connectivity index (χ0n) is 11.8. The van der Waals surface area contributed by atoms with E-state index < -0.39 is 15.8 Å². The first kappa shape index (κ1) is 18.3. The summed E-state index contributed by atoms with van der Waals surface area (Å²) in [5, 5.41) is 0. The molecule has 0 bridgehead atoms. The molecule has 1 rings (SSSR count). The molecule has 0 spiro atoms. The van der Waals surface area contributed by atoms with E-state index in [-0.39, 0.29) is 15.4 Å². The number of nitrogens with two attached hydrogens (primary N) is 1. The van der Waals surface area contributed by atoms with Crippen molar-refractivity contribution in [1.82, 2.24) is 4.72 Å². The van der Waals surface area contributed by atoms with E-state index in [1.165, 1.54) is 12.1 Å².